The molecule has 0 amide bonds. The average Bonchev–Trinajstić information content (AvgIpc) is 2.58. The van der Waals surface area contributed by atoms with Gasteiger partial charge in [0.25, 0.3) is 0 Å². The molecular weight excluding hydrogens is 296 g/mol. The van der Waals surface area contributed by atoms with Gasteiger partial charge in [-0.15, -0.1) is 0 Å². The molecule has 0 atom stereocenters. The molecule has 1 heterocycles. The van der Waals surface area contributed by atoms with E-state index in [-0.39, 0.29) is 0 Å². The van der Waals surface area contributed by atoms with Gasteiger partial charge in [-0.3, -0.25) is 0 Å². The van der Waals surface area contributed by atoms with Crippen molar-refractivity contribution in [3.8, 4) is 17.0 Å². The van der Waals surface area contributed by atoms with Crippen molar-refractivity contribution in [1.82, 2.24) is 4.98 Å². The van der Waals surface area contributed by atoms with Crippen LogP contribution in [0.25, 0.3) is 11.1 Å². The Morgan fingerprint density at radius 3 is 2.39 bits per heavy atom. The number of halogens is 2. The van der Waals surface area contributed by atoms with Crippen molar-refractivity contribution in [2.75, 3.05) is 7.11 Å². The summed E-state index contributed by atoms with van der Waals surface area (Å²) in [4.78, 5) is 4.28. The quantitative estimate of drug-likeness (QED) is 0.701. The minimum Gasteiger partial charge on any atom is -0.481 e. The summed E-state index contributed by atoms with van der Waals surface area (Å²) in [5.41, 5.74) is 3.29. The summed E-state index contributed by atoms with van der Waals surface area (Å²) in [5.74, 6) is -1.38. The van der Waals surface area contributed by atoms with Crippen LogP contribution in [0, 0.1) is 11.6 Å². The van der Waals surface area contributed by atoms with E-state index in [9.17, 15) is 8.78 Å². The van der Waals surface area contributed by atoms with Gasteiger partial charge >= 0.3 is 0 Å². The van der Waals surface area contributed by atoms with Crippen molar-refractivity contribution in [3.63, 3.8) is 0 Å². The van der Waals surface area contributed by atoms with Gasteiger partial charge in [-0.1, -0.05) is 36.4 Å². The Bertz CT molecular complexity index is 819. The average molecular weight is 311 g/mol. The molecule has 0 saturated carbocycles. The molecule has 3 aromatic rings. The third-order valence-corrected chi connectivity index (χ3v) is 3.58. The zero-order chi connectivity index (χ0) is 16.2. The van der Waals surface area contributed by atoms with Crippen LogP contribution in [-0.2, 0) is 6.42 Å². The first-order valence-corrected chi connectivity index (χ1v) is 7.19. The standard InChI is InChI=1S/C19H15F2NO/c1-23-19-16(15-7-8-17(20)18(21)11-15)10-14(12-22-19)9-13-5-3-2-4-6-13/h2-8,10-12H,9H2,1H3. The number of rotatable bonds is 4. The first kappa shape index (κ1) is 15.2. The second-order valence-corrected chi connectivity index (χ2v) is 5.19. The topological polar surface area (TPSA) is 22.1 Å². The minimum absolute atomic E-state index is 0.382. The van der Waals surface area contributed by atoms with Gasteiger partial charge in [0.05, 0.1) is 7.11 Å². The maximum Gasteiger partial charge on any atom is 0.221 e. The number of benzene rings is 2. The van der Waals surface area contributed by atoms with Gasteiger partial charge < -0.3 is 4.74 Å². The fraction of sp³-hybridized carbons (Fsp3) is 0.105. The largest absolute Gasteiger partial charge is 0.481 e. The van der Waals surface area contributed by atoms with Gasteiger partial charge in [0.2, 0.25) is 5.88 Å². The smallest absolute Gasteiger partial charge is 0.221 e. The molecule has 2 aromatic carbocycles. The van der Waals surface area contributed by atoms with Gasteiger partial charge in [-0.25, -0.2) is 13.8 Å². The van der Waals surface area contributed by atoms with Crippen LogP contribution in [0.3, 0.4) is 0 Å². The van der Waals surface area contributed by atoms with E-state index >= 15 is 0 Å². The van der Waals surface area contributed by atoms with E-state index in [0.717, 1.165) is 23.3 Å². The van der Waals surface area contributed by atoms with Crippen molar-refractivity contribution in [2.24, 2.45) is 0 Å². The number of ether oxygens (including phenoxy) is 1. The van der Waals surface area contributed by atoms with Crippen LogP contribution >= 0.6 is 0 Å². The molecule has 0 fully saturated rings. The van der Waals surface area contributed by atoms with Gasteiger partial charge in [0.1, 0.15) is 0 Å². The molecular formula is C19H15F2NO. The summed E-state index contributed by atoms with van der Waals surface area (Å²) in [6.07, 6.45) is 2.43. The van der Waals surface area contributed by atoms with Crippen LogP contribution in [0.5, 0.6) is 5.88 Å². The summed E-state index contributed by atoms with van der Waals surface area (Å²) < 4.78 is 31.9. The Kier molecular flexibility index (Phi) is 4.33. The number of methoxy groups -OCH3 is 1. The lowest BCUT2D eigenvalue weighted by atomic mass is 10.0. The Morgan fingerprint density at radius 1 is 0.913 bits per heavy atom. The molecule has 4 heteroatoms. The van der Waals surface area contributed by atoms with Gasteiger partial charge in [0, 0.05) is 11.8 Å². The first-order chi connectivity index (χ1) is 11.2. The highest BCUT2D eigenvalue weighted by Gasteiger charge is 2.12. The lowest BCUT2D eigenvalue weighted by molar-refractivity contribution is 0.399. The zero-order valence-electron chi connectivity index (χ0n) is 12.6. The highest BCUT2D eigenvalue weighted by atomic mass is 19.2. The molecule has 0 radical (unpaired) electrons. The molecule has 0 bridgehead atoms. The highest BCUT2D eigenvalue weighted by molar-refractivity contribution is 5.69. The van der Waals surface area contributed by atoms with E-state index in [1.807, 2.05) is 36.4 Å². The predicted octanol–water partition coefficient (Wildman–Crippen LogP) is 4.63. The van der Waals surface area contributed by atoms with E-state index in [0.29, 0.717) is 23.4 Å². The van der Waals surface area contributed by atoms with E-state index in [2.05, 4.69) is 4.98 Å². The van der Waals surface area contributed by atoms with Gasteiger partial charge in [-0.05, 0) is 41.3 Å². The number of nitrogens with zero attached hydrogens (tertiary/aromatic N) is 1. The van der Waals surface area contributed by atoms with Gasteiger partial charge in [0.15, 0.2) is 11.6 Å². The second kappa shape index (κ2) is 6.57. The summed E-state index contributed by atoms with van der Waals surface area (Å²) in [6, 6.07) is 15.6. The van der Waals surface area contributed by atoms with Crippen LogP contribution in [0.15, 0.2) is 60.8 Å². The van der Waals surface area contributed by atoms with Gasteiger partial charge in [-0.2, -0.15) is 0 Å². The number of aromatic nitrogens is 1. The molecule has 116 valence electrons. The van der Waals surface area contributed by atoms with E-state index in [4.69, 9.17) is 4.74 Å². The van der Waals surface area contributed by atoms with Crippen molar-refractivity contribution in [1.29, 1.82) is 0 Å². The Hall–Kier alpha value is -2.75. The minimum atomic E-state index is -0.891. The van der Waals surface area contributed by atoms with Crippen LogP contribution in [-0.4, -0.2) is 12.1 Å². The molecule has 0 N–H and O–H groups in total. The Balaban J connectivity index is 2.00. The van der Waals surface area contributed by atoms with Crippen molar-refractivity contribution >= 4 is 0 Å². The van der Waals surface area contributed by atoms with Crippen LogP contribution in [0.2, 0.25) is 0 Å². The number of hydrogen-bond donors (Lipinski definition) is 0. The summed E-state index contributed by atoms with van der Waals surface area (Å²) in [7, 11) is 1.50. The molecule has 0 aliphatic heterocycles. The Morgan fingerprint density at radius 2 is 1.70 bits per heavy atom. The van der Waals surface area contributed by atoms with Crippen molar-refractivity contribution < 1.29 is 13.5 Å². The molecule has 0 aliphatic rings. The van der Waals surface area contributed by atoms with Crippen molar-refractivity contribution in [3.05, 3.63) is 83.6 Å². The fourth-order valence-electron chi connectivity index (χ4n) is 2.46. The van der Waals surface area contributed by atoms with Crippen LogP contribution in [0.1, 0.15) is 11.1 Å². The molecule has 0 saturated heterocycles. The lowest BCUT2D eigenvalue weighted by Crippen LogP contribution is -1.96. The first-order valence-electron chi connectivity index (χ1n) is 7.19. The molecule has 0 aliphatic carbocycles. The third-order valence-electron chi connectivity index (χ3n) is 3.58. The van der Waals surface area contributed by atoms with Crippen molar-refractivity contribution in [2.45, 2.75) is 6.42 Å². The maximum absolute atomic E-state index is 13.5. The number of hydrogen-bond acceptors (Lipinski definition) is 2. The van der Waals surface area contributed by atoms with E-state index in [1.54, 1.807) is 6.20 Å². The monoisotopic (exact) mass is 311 g/mol. The fourth-order valence-corrected chi connectivity index (χ4v) is 2.46. The maximum atomic E-state index is 13.5. The molecule has 0 unspecified atom stereocenters. The normalized spacial score (nSPS) is 10.6. The van der Waals surface area contributed by atoms with E-state index in [1.165, 1.54) is 13.2 Å². The second-order valence-electron chi connectivity index (χ2n) is 5.19. The number of pyridine rings is 1. The van der Waals surface area contributed by atoms with Crippen LogP contribution < -0.4 is 4.74 Å². The Labute approximate surface area is 133 Å². The molecule has 3 rings (SSSR count). The van der Waals surface area contributed by atoms with E-state index < -0.39 is 11.6 Å². The summed E-state index contributed by atoms with van der Waals surface area (Å²) in [6.45, 7) is 0. The molecule has 23 heavy (non-hydrogen) atoms. The molecule has 2 nitrogen and oxygen atoms in total. The molecule has 0 spiro atoms. The highest BCUT2D eigenvalue weighted by Crippen LogP contribution is 2.30. The SMILES string of the molecule is COc1ncc(Cc2ccccc2)cc1-c1ccc(F)c(F)c1. The summed E-state index contributed by atoms with van der Waals surface area (Å²) >= 11 is 0. The summed E-state index contributed by atoms with van der Waals surface area (Å²) in [5, 5.41) is 0. The lowest BCUT2D eigenvalue weighted by Gasteiger charge is -2.10. The predicted molar refractivity (Wildman–Crippen MR) is 85.4 cm³/mol. The third kappa shape index (κ3) is 3.37. The van der Waals surface area contributed by atoms with Crippen LogP contribution in [0.4, 0.5) is 8.78 Å². The zero-order valence-corrected chi connectivity index (χ0v) is 12.6. The molecule has 1 aromatic heterocycles.